The lowest BCUT2D eigenvalue weighted by atomic mass is 10.0. The van der Waals surface area contributed by atoms with E-state index in [2.05, 4.69) is 15.0 Å². The molecule has 0 radical (unpaired) electrons. The summed E-state index contributed by atoms with van der Waals surface area (Å²) >= 11 is 0. The highest BCUT2D eigenvalue weighted by Gasteiger charge is 2.34. The summed E-state index contributed by atoms with van der Waals surface area (Å²) in [5, 5.41) is 7.60. The lowest BCUT2D eigenvalue weighted by molar-refractivity contribution is -0.144. The van der Waals surface area contributed by atoms with Crippen LogP contribution < -0.4 is 5.73 Å². The minimum absolute atomic E-state index is 0.190. The number of hydrogen-bond donors (Lipinski definition) is 3. The first-order valence-electron chi connectivity index (χ1n) is 6.71. The average Bonchev–Trinajstić information content (AvgIpc) is 2.91. The van der Waals surface area contributed by atoms with E-state index in [0.717, 1.165) is 24.5 Å². The molecule has 0 amide bonds. The molecule has 0 aliphatic rings. The first-order chi connectivity index (χ1) is 10.2. The van der Waals surface area contributed by atoms with Crippen molar-refractivity contribution >= 4 is 5.84 Å². The Kier molecular flexibility index (Phi) is 4.20. The Labute approximate surface area is 125 Å². The monoisotopic (exact) mass is 311 g/mol. The SMILES string of the molecule is CCC(C)c1cc(-c2cnc(C(F)(F)F)nc2)c(C(=N)N)[nH]1. The molecule has 0 aromatic carbocycles. The Morgan fingerprint density at radius 1 is 1.36 bits per heavy atom. The van der Waals surface area contributed by atoms with Gasteiger partial charge in [-0.05, 0) is 18.4 Å². The summed E-state index contributed by atoms with van der Waals surface area (Å²) in [5.74, 6) is -1.18. The maximum Gasteiger partial charge on any atom is 0.451 e. The summed E-state index contributed by atoms with van der Waals surface area (Å²) < 4.78 is 37.5. The number of alkyl halides is 3. The van der Waals surface area contributed by atoms with Crippen molar-refractivity contribution in [2.45, 2.75) is 32.4 Å². The molecular weight excluding hydrogens is 295 g/mol. The minimum atomic E-state index is -4.58. The van der Waals surface area contributed by atoms with Gasteiger partial charge in [-0.1, -0.05) is 13.8 Å². The number of aromatic nitrogens is 3. The largest absolute Gasteiger partial charge is 0.451 e. The van der Waals surface area contributed by atoms with Gasteiger partial charge in [-0.3, -0.25) is 5.41 Å². The maximum absolute atomic E-state index is 12.5. The number of aromatic amines is 1. The number of nitrogen functional groups attached to an aromatic ring is 1. The number of H-pyrrole nitrogens is 1. The Bertz CT molecular complexity index is 673. The van der Waals surface area contributed by atoms with Crippen LogP contribution in [-0.4, -0.2) is 20.8 Å². The van der Waals surface area contributed by atoms with E-state index < -0.39 is 12.0 Å². The molecule has 0 aliphatic carbocycles. The van der Waals surface area contributed by atoms with Gasteiger partial charge in [0.25, 0.3) is 0 Å². The molecule has 0 aliphatic heterocycles. The summed E-state index contributed by atoms with van der Waals surface area (Å²) in [6.45, 7) is 4.02. The van der Waals surface area contributed by atoms with Gasteiger partial charge in [0.15, 0.2) is 0 Å². The van der Waals surface area contributed by atoms with Gasteiger partial charge in [0.1, 0.15) is 5.84 Å². The third-order valence-corrected chi connectivity index (χ3v) is 3.47. The van der Waals surface area contributed by atoms with Crippen LogP contribution in [0.5, 0.6) is 0 Å². The standard InChI is InChI=1S/C14H16F3N5/c1-3-7(2)10-4-9(11(22-10)12(18)19)8-5-20-13(21-6-8)14(15,16)17/h4-7,22H,3H2,1-2H3,(H3,18,19). The molecule has 0 fully saturated rings. The Hall–Kier alpha value is -2.38. The second-order valence-electron chi connectivity index (χ2n) is 5.03. The van der Waals surface area contributed by atoms with Crippen LogP contribution in [0, 0.1) is 5.41 Å². The second kappa shape index (κ2) is 5.78. The fraction of sp³-hybridized carbons (Fsp3) is 0.357. The molecule has 118 valence electrons. The number of rotatable bonds is 4. The van der Waals surface area contributed by atoms with Gasteiger partial charge >= 0.3 is 6.18 Å². The first-order valence-corrected chi connectivity index (χ1v) is 6.71. The predicted molar refractivity (Wildman–Crippen MR) is 76.5 cm³/mol. The van der Waals surface area contributed by atoms with E-state index in [-0.39, 0.29) is 11.8 Å². The van der Waals surface area contributed by atoms with Gasteiger partial charge in [0, 0.05) is 29.2 Å². The Morgan fingerprint density at radius 3 is 2.41 bits per heavy atom. The van der Waals surface area contributed by atoms with E-state index in [4.69, 9.17) is 11.1 Å². The molecule has 2 heterocycles. The van der Waals surface area contributed by atoms with Crippen molar-refractivity contribution in [2.24, 2.45) is 5.73 Å². The third kappa shape index (κ3) is 3.10. The highest BCUT2D eigenvalue weighted by atomic mass is 19.4. The zero-order valence-electron chi connectivity index (χ0n) is 12.1. The molecule has 0 saturated heterocycles. The number of nitrogens with two attached hydrogens (primary N) is 1. The maximum atomic E-state index is 12.5. The molecule has 8 heteroatoms. The Balaban J connectivity index is 2.47. The summed E-state index contributed by atoms with van der Waals surface area (Å²) in [6, 6.07) is 1.77. The number of amidine groups is 1. The van der Waals surface area contributed by atoms with Crippen LogP contribution in [-0.2, 0) is 6.18 Å². The van der Waals surface area contributed by atoms with Gasteiger partial charge in [0.05, 0.1) is 5.69 Å². The third-order valence-electron chi connectivity index (χ3n) is 3.47. The molecule has 2 aromatic rings. The van der Waals surface area contributed by atoms with Crippen molar-refractivity contribution in [3.8, 4) is 11.1 Å². The molecule has 2 rings (SSSR count). The van der Waals surface area contributed by atoms with Gasteiger partial charge in [-0.2, -0.15) is 13.2 Å². The van der Waals surface area contributed by atoms with E-state index in [1.54, 1.807) is 6.07 Å². The molecule has 4 N–H and O–H groups in total. The number of nitrogens with one attached hydrogen (secondary N) is 2. The molecule has 5 nitrogen and oxygen atoms in total. The van der Waals surface area contributed by atoms with E-state index in [0.29, 0.717) is 16.8 Å². The van der Waals surface area contributed by atoms with Gasteiger partial charge in [0.2, 0.25) is 5.82 Å². The highest BCUT2D eigenvalue weighted by molar-refractivity contribution is 6.00. The molecular formula is C14H16F3N5. The van der Waals surface area contributed by atoms with Gasteiger partial charge in [-0.25, -0.2) is 9.97 Å². The smallest absolute Gasteiger partial charge is 0.382 e. The van der Waals surface area contributed by atoms with Crippen LogP contribution in [0.1, 0.15) is 43.4 Å². The van der Waals surface area contributed by atoms with Gasteiger partial charge < -0.3 is 10.7 Å². The molecule has 1 unspecified atom stereocenters. The first kappa shape index (κ1) is 16.0. The van der Waals surface area contributed by atoms with E-state index in [1.807, 2.05) is 13.8 Å². The lowest BCUT2D eigenvalue weighted by Crippen LogP contribution is -2.13. The van der Waals surface area contributed by atoms with Crippen LogP contribution in [0.3, 0.4) is 0 Å². The summed E-state index contributed by atoms with van der Waals surface area (Å²) in [5.41, 5.74) is 7.66. The zero-order valence-corrected chi connectivity index (χ0v) is 12.1. The normalized spacial score (nSPS) is 13.1. The van der Waals surface area contributed by atoms with Crippen LogP contribution in [0.2, 0.25) is 0 Å². The van der Waals surface area contributed by atoms with Crippen LogP contribution in [0.25, 0.3) is 11.1 Å². The van der Waals surface area contributed by atoms with E-state index in [1.165, 1.54) is 0 Å². The van der Waals surface area contributed by atoms with Crippen LogP contribution >= 0.6 is 0 Å². The number of nitrogens with zero attached hydrogens (tertiary/aromatic N) is 2. The molecule has 1 atom stereocenters. The molecule has 22 heavy (non-hydrogen) atoms. The summed E-state index contributed by atoms with van der Waals surface area (Å²) in [6.07, 6.45) is -1.53. The lowest BCUT2D eigenvalue weighted by Gasteiger charge is -2.05. The fourth-order valence-corrected chi connectivity index (χ4v) is 2.01. The second-order valence-corrected chi connectivity index (χ2v) is 5.03. The number of hydrogen-bond acceptors (Lipinski definition) is 3. The van der Waals surface area contributed by atoms with Crippen LogP contribution in [0.15, 0.2) is 18.5 Å². The highest BCUT2D eigenvalue weighted by Crippen LogP contribution is 2.30. The van der Waals surface area contributed by atoms with Crippen molar-refractivity contribution in [1.29, 1.82) is 5.41 Å². The van der Waals surface area contributed by atoms with E-state index >= 15 is 0 Å². The van der Waals surface area contributed by atoms with Crippen molar-refractivity contribution < 1.29 is 13.2 Å². The predicted octanol–water partition coefficient (Wildman–Crippen LogP) is 3.29. The van der Waals surface area contributed by atoms with Crippen molar-refractivity contribution in [3.63, 3.8) is 0 Å². The molecule has 2 aromatic heterocycles. The van der Waals surface area contributed by atoms with Crippen molar-refractivity contribution in [1.82, 2.24) is 15.0 Å². The fourth-order valence-electron chi connectivity index (χ4n) is 2.01. The zero-order chi connectivity index (χ0) is 16.5. The summed E-state index contributed by atoms with van der Waals surface area (Å²) in [7, 11) is 0. The quantitative estimate of drug-likeness (QED) is 0.597. The average molecular weight is 311 g/mol. The molecule has 0 spiro atoms. The van der Waals surface area contributed by atoms with Crippen LogP contribution in [0.4, 0.5) is 13.2 Å². The minimum Gasteiger partial charge on any atom is -0.382 e. The van der Waals surface area contributed by atoms with E-state index in [9.17, 15) is 13.2 Å². The Morgan fingerprint density at radius 2 is 1.95 bits per heavy atom. The van der Waals surface area contributed by atoms with Gasteiger partial charge in [-0.15, -0.1) is 0 Å². The molecule has 0 bridgehead atoms. The van der Waals surface area contributed by atoms with Crippen molar-refractivity contribution in [2.75, 3.05) is 0 Å². The molecule has 0 saturated carbocycles. The number of halogens is 3. The van der Waals surface area contributed by atoms with Crippen molar-refractivity contribution in [3.05, 3.63) is 35.7 Å². The topological polar surface area (TPSA) is 91.4 Å². The summed E-state index contributed by atoms with van der Waals surface area (Å²) in [4.78, 5) is 9.73.